The van der Waals surface area contributed by atoms with E-state index in [4.69, 9.17) is 23.2 Å². The van der Waals surface area contributed by atoms with Crippen LogP contribution in [-0.2, 0) is 0 Å². The predicted octanol–water partition coefficient (Wildman–Crippen LogP) is 2.68. The zero-order valence-electron chi connectivity index (χ0n) is 6.42. The molecule has 2 rings (SSSR count). The molecule has 13 heavy (non-hydrogen) atoms. The molecule has 0 amide bonds. The Hall–Kier alpha value is -0.930. The summed E-state index contributed by atoms with van der Waals surface area (Å²) in [5, 5.41) is 0.375. The Morgan fingerprint density at radius 1 is 1.38 bits per heavy atom. The van der Waals surface area contributed by atoms with Crippen LogP contribution in [0.2, 0.25) is 10.3 Å². The first-order valence-electron chi connectivity index (χ1n) is 3.60. The van der Waals surface area contributed by atoms with Gasteiger partial charge in [0.1, 0.15) is 10.3 Å². The van der Waals surface area contributed by atoms with E-state index in [0.717, 1.165) is 0 Å². The van der Waals surface area contributed by atoms with Crippen molar-refractivity contribution in [2.75, 3.05) is 0 Å². The highest BCUT2D eigenvalue weighted by atomic mass is 35.5. The van der Waals surface area contributed by atoms with Crippen LogP contribution in [0, 0.1) is 0 Å². The van der Waals surface area contributed by atoms with Gasteiger partial charge in [-0.05, 0) is 0 Å². The van der Waals surface area contributed by atoms with Crippen LogP contribution in [-0.4, -0.2) is 17.0 Å². The van der Waals surface area contributed by atoms with Crippen LogP contribution in [0.25, 0.3) is 0 Å². The molecule has 1 aromatic heterocycles. The number of Topliss-reactive ketones (excluding diaryl/α,β-unsaturated/α-hetero) is 1. The highest BCUT2D eigenvalue weighted by molar-refractivity contribution is 6.36. The number of carbonyl (C=O) groups is 1. The number of aromatic nitrogens is 1. The van der Waals surface area contributed by atoms with Crippen LogP contribution in [0.4, 0.5) is 5.69 Å². The molecule has 0 unspecified atom stereocenters. The minimum absolute atomic E-state index is 0.0702. The predicted molar refractivity (Wildman–Crippen MR) is 51.4 cm³/mol. The molecule has 0 spiro atoms. The van der Waals surface area contributed by atoms with Crippen molar-refractivity contribution in [3.8, 4) is 0 Å². The first kappa shape index (κ1) is 8.66. The SMILES string of the molecule is O=C1CC=Nc2cc(Cl)nc(Cl)c21. The highest BCUT2D eigenvalue weighted by Crippen LogP contribution is 2.31. The van der Waals surface area contributed by atoms with Gasteiger partial charge in [0.05, 0.1) is 11.3 Å². The zero-order chi connectivity index (χ0) is 9.42. The number of nitrogens with zero attached hydrogens (tertiary/aromatic N) is 2. The Morgan fingerprint density at radius 2 is 2.15 bits per heavy atom. The van der Waals surface area contributed by atoms with Crippen molar-refractivity contribution in [3.63, 3.8) is 0 Å². The lowest BCUT2D eigenvalue weighted by atomic mass is 10.1. The summed E-state index contributed by atoms with van der Waals surface area (Å²) in [4.78, 5) is 19.1. The minimum Gasteiger partial charge on any atom is -0.294 e. The van der Waals surface area contributed by atoms with Gasteiger partial charge in [-0.15, -0.1) is 0 Å². The van der Waals surface area contributed by atoms with Crippen molar-refractivity contribution in [2.45, 2.75) is 6.42 Å². The van der Waals surface area contributed by atoms with E-state index in [0.29, 0.717) is 11.3 Å². The third-order valence-electron chi connectivity index (χ3n) is 1.71. The third kappa shape index (κ3) is 1.45. The molecule has 0 radical (unpaired) electrons. The average molecular weight is 215 g/mol. The molecule has 0 atom stereocenters. The summed E-state index contributed by atoms with van der Waals surface area (Å²) >= 11 is 11.4. The number of ketones is 1. The van der Waals surface area contributed by atoms with Crippen LogP contribution < -0.4 is 0 Å². The van der Waals surface area contributed by atoms with Crippen molar-refractivity contribution in [2.24, 2.45) is 4.99 Å². The van der Waals surface area contributed by atoms with Gasteiger partial charge < -0.3 is 0 Å². The van der Waals surface area contributed by atoms with E-state index in [1.807, 2.05) is 0 Å². The number of hydrogen-bond acceptors (Lipinski definition) is 3. The second-order valence-electron chi connectivity index (χ2n) is 2.57. The summed E-state index contributed by atoms with van der Waals surface area (Å²) in [5.74, 6) is -0.0702. The summed E-state index contributed by atoms with van der Waals surface area (Å²) in [7, 11) is 0. The largest absolute Gasteiger partial charge is 0.294 e. The molecule has 0 saturated heterocycles. The highest BCUT2D eigenvalue weighted by Gasteiger charge is 2.19. The van der Waals surface area contributed by atoms with Gasteiger partial charge in [-0.2, -0.15) is 0 Å². The molecule has 0 saturated carbocycles. The topological polar surface area (TPSA) is 42.3 Å². The fourth-order valence-electron chi connectivity index (χ4n) is 1.16. The molecule has 0 fully saturated rings. The lowest BCUT2D eigenvalue weighted by Gasteiger charge is -2.09. The van der Waals surface area contributed by atoms with Gasteiger partial charge in [0.2, 0.25) is 0 Å². The van der Waals surface area contributed by atoms with E-state index in [1.54, 1.807) is 0 Å². The number of pyridine rings is 1. The summed E-state index contributed by atoms with van der Waals surface area (Å²) in [6.45, 7) is 0. The maximum Gasteiger partial charge on any atom is 0.173 e. The number of aliphatic imine (C=N–C) groups is 1. The quantitative estimate of drug-likeness (QED) is 0.624. The number of rotatable bonds is 0. The molecule has 1 aliphatic rings. The third-order valence-corrected chi connectivity index (χ3v) is 2.18. The summed E-state index contributed by atoms with van der Waals surface area (Å²) < 4.78 is 0. The Morgan fingerprint density at radius 3 is 2.92 bits per heavy atom. The Balaban J connectivity index is 2.71. The average Bonchev–Trinajstić information content (AvgIpc) is 2.02. The molecule has 1 aliphatic heterocycles. The minimum atomic E-state index is -0.0702. The second kappa shape index (κ2) is 3.09. The fourth-order valence-corrected chi connectivity index (χ4v) is 1.69. The Bertz CT molecular complexity index is 415. The normalized spacial score (nSPS) is 14.5. The van der Waals surface area contributed by atoms with E-state index >= 15 is 0 Å². The molecule has 0 aromatic carbocycles. The molecule has 5 heteroatoms. The standard InChI is InChI=1S/C8H4Cl2N2O/c9-6-3-4-7(8(10)12-6)5(13)1-2-11-4/h2-3H,1H2. The summed E-state index contributed by atoms with van der Waals surface area (Å²) in [5.41, 5.74) is 0.870. The fraction of sp³-hybridized carbons (Fsp3) is 0.125. The van der Waals surface area contributed by atoms with E-state index in [2.05, 4.69) is 9.98 Å². The van der Waals surface area contributed by atoms with Gasteiger partial charge in [-0.3, -0.25) is 9.79 Å². The molecule has 0 aliphatic carbocycles. The monoisotopic (exact) mass is 214 g/mol. The van der Waals surface area contributed by atoms with E-state index in [9.17, 15) is 4.79 Å². The smallest absolute Gasteiger partial charge is 0.173 e. The number of hydrogen-bond donors (Lipinski definition) is 0. The van der Waals surface area contributed by atoms with Gasteiger partial charge in [-0.25, -0.2) is 4.98 Å². The van der Waals surface area contributed by atoms with Crippen LogP contribution in [0.1, 0.15) is 16.8 Å². The number of halogens is 2. The molecule has 66 valence electrons. The van der Waals surface area contributed by atoms with Crippen LogP contribution >= 0.6 is 23.2 Å². The van der Waals surface area contributed by atoms with Gasteiger partial charge in [0.15, 0.2) is 5.78 Å². The van der Waals surface area contributed by atoms with E-state index in [1.165, 1.54) is 12.3 Å². The molecular weight excluding hydrogens is 211 g/mol. The lowest BCUT2D eigenvalue weighted by molar-refractivity contribution is 0.100. The van der Waals surface area contributed by atoms with Gasteiger partial charge in [-0.1, -0.05) is 23.2 Å². The van der Waals surface area contributed by atoms with Crippen molar-refractivity contribution >= 4 is 40.9 Å². The maximum atomic E-state index is 11.4. The molecular formula is C8H4Cl2N2O. The lowest BCUT2D eigenvalue weighted by Crippen LogP contribution is -2.06. The van der Waals surface area contributed by atoms with Crippen molar-refractivity contribution in [3.05, 3.63) is 21.9 Å². The molecule has 0 N–H and O–H groups in total. The summed E-state index contributed by atoms with van der Waals surface area (Å²) in [6, 6.07) is 1.52. The van der Waals surface area contributed by atoms with Crippen molar-refractivity contribution in [1.29, 1.82) is 0 Å². The molecule has 3 nitrogen and oxygen atoms in total. The van der Waals surface area contributed by atoms with Crippen molar-refractivity contribution < 1.29 is 4.79 Å². The second-order valence-corrected chi connectivity index (χ2v) is 3.31. The first-order chi connectivity index (χ1) is 6.18. The van der Waals surface area contributed by atoms with Crippen LogP contribution in [0.15, 0.2) is 11.1 Å². The Labute approximate surface area is 84.4 Å². The van der Waals surface area contributed by atoms with Gasteiger partial charge >= 0.3 is 0 Å². The van der Waals surface area contributed by atoms with Crippen LogP contribution in [0.5, 0.6) is 0 Å². The Kier molecular flexibility index (Phi) is 2.06. The molecule has 0 bridgehead atoms. The number of fused-ring (bicyclic) bond motifs is 1. The molecule has 2 heterocycles. The van der Waals surface area contributed by atoms with E-state index in [-0.39, 0.29) is 22.5 Å². The maximum absolute atomic E-state index is 11.4. The van der Waals surface area contributed by atoms with Crippen LogP contribution in [0.3, 0.4) is 0 Å². The summed E-state index contributed by atoms with van der Waals surface area (Å²) in [6.07, 6.45) is 1.81. The number of carbonyl (C=O) groups excluding carboxylic acids is 1. The molecule has 1 aromatic rings. The van der Waals surface area contributed by atoms with E-state index < -0.39 is 0 Å². The van der Waals surface area contributed by atoms with Gasteiger partial charge in [0.25, 0.3) is 0 Å². The first-order valence-corrected chi connectivity index (χ1v) is 4.36. The van der Waals surface area contributed by atoms with Gasteiger partial charge in [0, 0.05) is 18.7 Å². The van der Waals surface area contributed by atoms with Crippen molar-refractivity contribution in [1.82, 2.24) is 4.98 Å². The zero-order valence-corrected chi connectivity index (χ0v) is 7.93.